The molecule has 1 N–H and O–H groups in total. The van der Waals surface area contributed by atoms with Crippen LogP contribution in [0.15, 0.2) is 24.5 Å². The van der Waals surface area contributed by atoms with Crippen LogP contribution in [0.5, 0.6) is 5.88 Å². The highest BCUT2D eigenvalue weighted by molar-refractivity contribution is 6.33. The third-order valence-electron chi connectivity index (χ3n) is 6.69. The maximum Gasteiger partial charge on any atom is 0.410 e. The van der Waals surface area contributed by atoms with Gasteiger partial charge in [0.15, 0.2) is 5.82 Å². The average Bonchev–Trinajstić information content (AvgIpc) is 3.68. The van der Waals surface area contributed by atoms with Crippen molar-refractivity contribution in [3.63, 3.8) is 0 Å². The summed E-state index contributed by atoms with van der Waals surface area (Å²) in [5.74, 6) is -0.877. The van der Waals surface area contributed by atoms with E-state index in [1.807, 2.05) is 13.0 Å². The number of nitrogens with zero attached hydrogens (tertiary/aromatic N) is 4. The molecule has 0 spiro atoms. The van der Waals surface area contributed by atoms with Crippen molar-refractivity contribution in [3.8, 4) is 11.9 Å². The smallest absolute Gasteiger partial charge is 0.410 e. The van der Waals surface area contributed by atoms with Crippen LogP contribution in [0.2, 0.25) is 5.02 Å². The van der Waals surface area contributed by atoms with Gasteiger partial charge in [-0.05, 0) is 43.9 Å². The van der Waals surface area contributed by atoms with E-state index in [4.69, 9.17) is 31.1 Å². The lowest BCUT2D eigenvalue weighted by Gasteiger charge is -2.45. The number of hydrogen-bond donors (Lipinski definition) is 1. The molecule has 35 heavy (non-hydrogen) atoms. The van der Waals surface area contributed by atoms with Gasteiger partial charge in [0.2, 0.25) is 5.82 Å². The Kier molecular flexibility index (Phi) is 6.62. The van der Waals surface area contributed by atoms with Gasteiger partial charge in [-0.25, -0.2) is 9.78 Å². The molecule has 1 saturated carbocycles. The van der Waals surface area contributed by atoms with Crippen molar-refractivity contribution in [2.75, 3.05) is 31.6 Å². The number of benzene rings is 1. The van der Waals surface area contributed by atoms with Gasteiger partial charge in [0.25, 0.3) is 5.88 Å². The number of halogens is 2. The topological polar surface area (TPSA) is 110 Å². The van der Waals surface area contributed by atoms with E-state index < -0.39 is 5.82 Å². The predicted molar refractivity (Wildman–Crippen MR) is 124 cm³/mol. The first-order valence-corrected chi connectivity index (χ1v) is 12.0. The van der Waals surface area contributed by atoms with E-state index in [0.29, 0.717) is 43.5 Å². The molecule has 0 radical (unpaired) electrons. The maximum absolute atomic E-state index is 15.3. The summed E-state index contributed by atoms with van der Waals surface area (Å²) >= 11 is 6.19. The Morgan fingerprint density at radius 2 is 2.06 bits per heavy atom. The third kappa shape index (κ3) is 5.11. The minimum atomic E-state index is -0.757. The molecule has 1 amide bonds. The van der Waals surface area contributed by atoms with Crippen molar-refractivity contribution >= 4 is 29.2 Å². The van der Waals surface area contributed by atoms with Gasteiger partial charge in [0.1, 0.15) is 18.5 Å². The molecule has 2 aliphatic heterocycles. The monoisotopic (exact) mass is 501 g/mol. The van der Waals surface area contributed by atoms with E-state index in [9.17, 15) is 4.79 Å². The molecule has 184 valence electrons. The molecule has 3 atom stereocenters. The number of hydrogen-bond acceptors (Lipinski definition) is 8. The quantitative estimate of drug-likeness (QED) is 0.628. The summed E-state index contributed by atoms with van der Waals surface area (Å²) in [4.78, 5) is 22.4. The van der Waals surface area contributed by atoms with Crippen LogP contribution in [0.25, 0.3) is 0 Å². The number of carbonyl (C=O) groups excluding carboxylic acids is 1. The summed E-state index contributed by atoms with van der Waals surface area (Å²) in [5, 5.41) is 12.1. The van der Waals surface area contributed by atoms with Crippen LogP contribution in [-0.4, -0.2) is 59.5 Å². The van der Waals surface area contributed by atoms with Crippen molar-refractivity contribution in [3.05, 3.63) is 40.9 Å². The Morgan fingerprint density at radius 1 is 1.31 bits per heavy atom. The van der Waals surface area contributed by atoms with Crippen molar-refractivity contribution in [2.24, 2.45) is 17.8 Å². The lowest BCUT2D eigenvalue weighted by atomic mass is 9.84. The van der Waals surface area contributed by atoms with Gasteiger partial charge in [0, 0.05) is 24.9 Å². The number of carbonyl (C=O) groups is 1. The van der Waals surface area contributed by atoms with Gasteiger partial charge in [-0.1, -0.05) is 11.6 Å². The number of fused-ring (bicyclic) bond motifs is 2. The number of nitrogens with one attached hydrogen (secondary N) is 1. The zero-order valence-electron chi connectivity index (χ0n) is 19.1. The molecule has 9 nitrogen and oxygen atoms in total. The summed E-state index contributed by atoms with van der Waals surface area (Å²) < 4.78 is 32.7. The van der Waals surface area contributed by atoms with E-state index in [2.05, 4.69) is 15.3 Å². The second-order valence-electron chi connectivity index (χ2n) is 9.24. The molecule has 2 saturated heterocycles. The van der Waals surface area contributed by atoms with Crippen molar-refractivity contribution in [1.29, 1.82) is 5.26 Å². The molecule has 11 heteroatoms. The number of likely N-dealkylation sites (tertiary alicyclic amines) is 1. The van der Waals surface area contributed by atoms with Crippen LogP contribution >= 0.6 is 11.6 Å². The fraction of sp³-hybridized carbons (Fsp3) is 0.500. The number of ether oxygens (including phenoxy) is 3. The van der Waals surface area contributed by atoms with E-state index in [0.717, 1.165) is 12.8 Å². The zero-order chi connectivity index (χ0) is 24.5. The first-order valence-electron chi connectivity index (χ1n) is 11.6. The fourth-order valence-corrected chi connectivity index (χ4v) is 4.83. The van der Waals surface area contributed by atoms with Crippen LogP contribution in [0.3, 0.4) is 0 Å². The number of anilines is 2. The lowest BCUT2D eigenvalue weighted by molar-refractivity contribution is -0.112. The Bertz CT molecular complexity index is 1140. The van der Waals surface area contributed by atoms with Crippen LogP contribution in [0.4, 0.5) is 20.7 Å². The summed E-state index contributed by atoms with van der Waals surface area (Å²) in [5.41, 5.74) is 0.783. The standard InChI is InChI=1S/C24H25ClFN5O4/c1-13(15-3-4-15)34-24(32)31-8-16-10-33-11-17(9-31)21(16)35-23-20(26)22(28-12-29-23)30-19-5-2-14(7-27)6-18(19)25/h2,5-6,12-13,15-17,21H,3-4,8-11H2,1H3,(H,28,29,30). The minimum Gasteiger partial charge on any atom is -0.471 e. The number of piperidine rings is 1. The molecule has 3 fully saturated rings. The largest absolute Gasteiger partial charge is 0.471 e. The average molecular weight is 502 g/mol. The molecular weight excluding hydrogens is 477 g/mol. The zero-order valence-corrected chi connectivity index (χ0v) is 19.9. The highest BCUT2D eigenvalue weighted by atomic mass is 35.5. The van der Waals surface area contributed by atoms with Crippen LogP contribution in [0.1, 0.15) is 25.3 Å². The van der Waals surface area contributed by atoms with Gasteiger partial charge in [-0.15, -0.1) is 0 Å². The number of rotatable bonds is 6. The number of aromatic nitrogens is 2. The van der Waals surface area contributed by atoms with Gasteiger partial charge in [-0.3, -0.25) is 0 Å². The lowest BCUT2D eigenvalue weighted by Crippen LogP contribution is -2.59. The van der Waals surface area contributed by atoms with E-state index in [1.165, 1.54) is 12.4 Å². The summed E-state index contributed by atoms with van der Waals surface area (Å²) in [6.07, 6.45) is 2.63. The van der Waals surface area contributed by atoms with Gasteiger partial charge in [-0.2, -0.15) is 14.6 Å². The molecule has 3 unspecified atom stereocenters. The predicted octanol–water partition coefficient (Wildman–Crippen LogP) is 4.15. The Labute approximate surface area is 207 Å². The second-order valence-corrected chi connectivity index (χ2v) is 9.65. The molecule has 2 bridgehead atoms. The number of amides is 1. The molecular formula is C24H25ClFN5O4. The van der Waals surface area contributed by atoms with Crippen LogP contribution in [0, 0.1) is 34.9 Å². The molecule has 3 aliphatic rings. The SMILES string of the molecule is CC(OC(=O)N1CC2COCC(C1)C2Oc1ncnc(Nc2ccc(C#N)cc2Cl)c1F)C1CC1. The van der Waals surface area contributed by atoms with Gasteiger partial charge in [0.05, 0.1) is 35.6 Å². The molecule has 1 aromatic carbocycles. The molecule has 2 aromatic rings. The third-order valence-corrected chi connectivity index (χ3v) is 7.00. The summed E-state index contributed by atoms with van der Waals surface area (Å²) in [7, 11) is 0. The first-order chi connectivity index (χ1) is 16.9. The van der Waals surface area contributed by atoms with E-state index >= 15 is 4.39 Å². The maximum atomic E-state index is 15.3. The van der Waals surface area contributed by atoms with Crippen LogP contribution in [-0.2, 0) is 9.47 Å². The van der Waals surface area contributed by atoms with Gasteiger partial charge >= 0.3 is 6.09 Å². The van der Waals surface area contributed by atoms with Crippen molar-refractivity contribution in [1.82, 2.24) is 14.9 Å². The van der Waals surface area contributed by atoms with Crippen molar-refractivity contribution in [2.45, 2.75) is 32.0 Å². The number of nitriles is 1. The Hall–Kier alpha value is -3.16. The van der Waals surface area contributed by atoms with Crippen molar-refractivity contribution < 1.29 is 23.4 Å². The van der Waals surface area contributed by atoms with E-state index in [-0.39, 0.29) is 46.9 Å². The molecule has 3 heterocycles. The van der Waals surface area contributed by atoms with Gasteiger partial charge < -0.3 is 24.4 Å². The summed E-state index contributed by atoms with van der Waals surface area (Å²) in [6.45, 7) is 3.51. The minimum absolute atomic E-state index is 0.0850. The molecule has 1 aromatic heterocycles. The molecule has 5 rings (SSSR count). The fourth-order valence-electron chi connectivity index (χ4n) is 4.60. The highest BCUT2D eigenvalue weighted by Crippen LogP contribution is 2.36. The first kappa shape index (κ1) is 23.6. The van der Waals surface area contributed by atoms with Crippen LogP contribution < -0.4 is 10.1 Å². The Morgan fingerprint density at radius 3 is 2.71 bits per heavy atom. The second kappa shape index (κ2) is 9.84. The normalized spacial score (nSPS) is 24.3. The van der Waals surface area contributed by atoms with E-state index in [1.54, 1.807) is 17.0 Å². The summed E-state index contributed by atoms with van der Waals surface area (Å²) in [6, 6.07) is 6.61. The Balaban J connectivity index is 1.28. The highest BCUT2D eigenvalue weighted by Gasteiger charge is 2.45. The molecule has 1 aliphatic carbocycles.